The second-order valence-corrected chi connectivity index (χ2v) is 9.66. The lowest BCUT2D eigenvalue weighted by Gasteiger charge is -2.11. The molecular weight excluding hydrogens is 478 g/mol. The summed E-state index contributed by atoms with van der Waals surface area (Å²) in [7, 11) is 0. The summed E-state index contributed by atoms with van der Waals surface area (Å²) in [5.41, 5.74) is 8.35. The van der Waals surface area contributed by atoms with Gasteiger partial charge in [-0.3, -0.25) is 0 Å². The number of benzene rings is 5. The van der Waals surface area contributed by atoms with Gasteiger partial charge in [-0.2, -0.15) is 4.80 Å². The average Bonchev–Trinajstić information content (AvgIpc) is 3.45. The molecule has 8 aromatic rings. The Morgan fingerprint density at radius 2 is 1.05 bits per heavy atom. The fourth-order valence-corrected chi connectivity index (χ4v) is 5.28. The second kappa shape index (κ2) is 8.57. The molecule has 5 heteroatoms. The summed E-state index contributed by atoms with van der Waals surface area (Å²) in [6, 6.07) is 43.5. The number of hydrogen-bond acceptors (Lipinski definition) is 4. The van der Waals surface area contributed by atoms with Crippen molar-refractivity contribution in [1.29, 1.82) is 0 Å². The molecule has 0 aliphatic heterocycles. The van der Waals surface area contributed by atoms with Crippen molar-refractivity contribution in [2.75, 3.05) is 0 Å². The standard InChI is InChI=1S/C34H21N5/c1-2-8-22(9-3-1)29-18-16-23-14-15-24-17-19-30(36-34(24)33(23)35-29)28-21-26(20-25-10-4-5-11-27(25)28)39-37-31-12-6-7-13-32(31)38-39/h1-21H. The van der Waals surface area contributed by atoms with E-state index in [0.717, 1.165) is 71.8 Å². The van der Waals surface area contributed by atoms with Gasteiger partial charge in [0.1, 0.15) is 11.0 Å². The van der Waals surface area contributed by atoms with E-state index in [4.69, 9.17) is 20.2 Å². The van der Waals surface area contributed by atoms with E-state index in [9.17, 15) is 0 Å². The molecule has 0 unspecified atom stereocenters. The van der Waals surface area contributed by atoms with Gasteiger partial charge in [-0.15, -0.1) is 10.2 Å². The number of pyridine rings is 2. The zero-order valence-corrected chi connectivity index (χ0v) is 20.9. The predicted octanol–water partition coefficient (Wildman–Crippen LogP) is 8.00. The Balaban J connectivity index is 1.36. The molecule has 0 saturated carbocycles. The summed E-state index contributed by atoms with van der Waals surface area (Å²) in [4.78, 5) is 12.0. The first-order chi connectivity index (χ1) is 19.3. The number of rotatable bonds is 3. The molecule has 0 fully saturated rings. The molecule has 0 aliphatic rings. The van der Waals surface area contributed by atoms with E-state index >= 15 is 0 Å². The maximum atomic E-state index is 5.22. The van der Waals surface area contributed by atoms with Crippen LogP contribution in [0.3, 0.4) is 0 Å². The highest BCUT2D eigenvalue weighted by molar-refractivity contribution is 6.05. The van der Waals surface area contributed by atoms with Gasteiger partial charge in [-0.1, -0.05) is 91.0 Å². The molecule has 0 N–H and O–H groups in total. The van der Waals surface area contributed by atoms with Crippen LogP contribution >= 0.6 is 0 Å². The van der Waals surface area contributed by atoms with E-state index < -0.39 is 0 Å². The topological polar surface area (TPSA) is 56.5 Å². The number of aromatic nitrogens is 5. The first kappa shape index (κ1) is 21.6. The zero-order valence-electron chi connectivity index (χ0n) is 20.9. The van der Waals surface area contributed by atoms with Gasteiger partial charge >= 0.3 is 0 Å². The van der Waals surface area contributed by atoms with Crippen molar-refractivity contribution in [2.24, 2.45) is 0 Å². The fraction of sp³-hybridized carbons (Fsp3) is 0. The molecule has 0 aliphatic carbocycles. The predicted molar refractivity (Wildman–Crippen MR) is 158 cm³/mol. The van der Waals surface area contributed by atoms with Crippen molar-refractivity contribution in [3.05, 3.63) is 127 Å². The largest absolute Gasteiger partial charge is 0.245 e. The minimum Gasteiger partial charge on any atom is -0.245 e. The van der Waals surface area contributed by atoms with E-state index in [1.54, 1.807) is 4.80 Å². The quantitative estimate of drug-likeness (QED) is 0.231. The summed E-state index contributed by atoms with van der Waals surface area (Å²) in [6.45, 7) is 0. The molecule has 0 atom stereocenters. The van der Waals surface area contributed by atoms with Crippen LogP contribution in [-0.4, -0.2) is 25.0 Å². The number of nitrogens with zero attached hydrogens (tertiary/aromatic N) is 5. The third-order valence-electron chi connectivity index (χ3n) is 7.23. The lowest BCUT2D eigenvalue weighted by atomic mass is 9.99. The highest BCUT2D eigenvalue weighted by atomic mass is 15.5. The van der Waals surface area contributed by atoms with Crippen LogP contribution in [0.1, 0.15) is 0 Å². The van der Waals surface area contributed by atoms with Crippen molar-refractivity contribution in [3.8, 4) is 28.2 Å². The van der Waals surface area contributed by atoms with Gasteiger partial charge in [-0.05, 0) is 47.2 Å². The van der Waals surface area contributed by atoms with Gasteiger partial charge in [0.2, 0.25) is 0 Å². The van der Waals surface area contributed by atoms with E-state index in [1.165, 1.54) is 0 Å². The third-order valence-corrected chi connectivity index (χ3v) is 7.23. The lowest BCUT2D eigenvalue weighted by Crippen LogP contribution is -2.00. The van der Waals surface area contributed by atoms with Crippen molar-refractivity contribution in [2.45, 2.75) is 0 Å². The van der Waals surface area contributed by atoms with Crippen LogP contribution in [-0.2, 0) is 0 Å². The van der Waals surface area contributed by atoms with E-state index in [1.807, 2.05) is 42.5 Å². The molecule has 5 aromatic carbocycles. The van der Waals surface area contributed by atoms with Gasteiger partial charge < -0.3 is 0 Å². The second-order valence-electron chi connectivity index (χ2n) is 9.66. The van der Waals surface area contributed by atoms with Crippen molar-refractivity contribution >= 4 is 43.6 Å². The van der Waals surface area contributed by atoms with Crippen LogP contribution in [0.15, 0.2) is 127 Å². The first-order valence-electron chi connectivity index (χ1n) is 12.9. The summed E-state index contributed by atoms with van der Waals surface area (Å²) >= 11 is 0. The first-order valence-corrected chi connectivity index (χ1v) is 12.9. The SMILES string of the molecule is c1ccc(-c2ccc3ccc4ccc(-c5cc(-n6nc7ccccc7n6)cc6ccccc56)nc4c3n2)cc1. The van der Waals surface area contributed by atoms with E-state index in [0.29, 0.717) is 0 Å². The summed E-state index contributed by atoms with van der Waals surface area (Å²) in [6.07, 6.45) is 0. The highest BCUT2D eigenvalue weighted by Crippen LogP contribution is 2.33. The molecule has 0 amide bonds. The number of hydrogen-bond donors (Lipinski definition) is 0. The van der Waals surface area contributed by atoms with Gasteiger partial charge in [0.25, 0.3) is 0 Å². The Bertz CT molecular complexity index is 2150. The van der Waals surface area contributed by atoms with Crippen LogP contribution in [0.5, 0.6) is 0 Å². The van der Waals surface area contributed by atoms with Crippen LogP contribution in [0.4, 0.5) is 0 Å². The molecule has 0 saturated heterocycles. The molecule has 0 radical (unpaired) electrons. The molecule has 0 bridgehead atoms. The normalized spacial score (nSPS) is 11.6. The minimum absolute atomic E-state index is 0.864. The Hall–Kier alpha value is -5.42. The maximum Gasteiger partial charge on any atom is 0.113 e. The van der Waals surface area contributed by atoms with Gasteiger partial charge in [0.15, 0.2) is 0 Å². The summed E-state index contributed by atoms with van der Waals surface area (Å²) < 4.78 is 0. The monoisotopic (exact) mass is 499 g/mol. The molecule has 182 valence electrons. The third kappa shape index (κ3) is 3.63. The van der Waals surface area contributed by atoms with Gasteiger partial charge in [-0.25, -0.2) is 9.97 Å². The Labute approximate surface area is 224 Å². The van der Waals surface area contributed by atoms with Crippen molar-refractivity contribution in [1.82, 2.24) is 25.0 Å². The maximum absolute atomic E-state index is 5.22. The van der Waals surface area contributed by atoms with Crippen LogP contribution in [0.2, 0.25) is 0 Å². The minimum atomic E-state index is 0.864. The van der Waals surface area contributed by atoms with Crippen LogP contribution in [0.25, 0.3) is 71.8 Å². The van der Waals surface area contributed by atoms with Crippen LogP contribution < -0.4 is 0 Å². The molecule has 0 spiro atoms. The summed E-state index contributed by atoms with van der Waals surface area (Å²) in [5, 5.41) is 13.8. The summed E-state index contributed by atoms with van der Waals surface area (Å²) in [5.74, 6) is 0. The molecule has 3 heterocycles. The molecule has 39 heavy (non-hydrogen) atoms. The molecule has 8 rings (SSSR count). The van der Waals surface area contributed by atoms with Crippen LogP contribution in [0, 0.1) is 0 Å². The molecule has 5 nitrogen and oxygen atoms in total. The van der Waals surface area contributed by atoms with E-state index in [2.05, 4.69) is 84.9 Å². The van der Waals surface area contributed by atoms with Crippen molar-refractivity contribution in [3.63, 3.8) is 0 Å². The Morgan fingerprint density at radius 1 is 0.462 bits per heavy atom. The zero-order chi connectivity index (χ0) is 25.8. The lowest BCUT2D eigenvalue weighted by molar-refractivity contribution is 0.767. The Morgan fingerprint density at radius 3 is 1.79 bits per heavy atom. The smallest absolute Gasteiger partial charge is 0.113 e. The van der Waals surface area contributed by atoms with Gasteiger partial charge in [0.05, 0.1) is 28.1 Å². The molecule has 3 aromatic heterocycles. The van der Waals surface area contributed by atoms with Crippen molar-refractivity contribution < 1.29 is 0 Å². The molecular formula is C34H21N5. The Kier molecular flexibility index (Phi) is 4.76. The van der Waals surface area contributed by atoms with E-state index in [-0.39, 0.29) is 0 Å². The highest BCUT2D eigenvalue weighted by Gasteiger charge is 2.13. The fourth-order valence-electron chi connectivity index (χ4n) is 5.28. The average molecular weight is 500 g/mol. The van der Waals surface area contributed by atoms with Gasteiger partial charge in [0, 0.05) is 21.9 Å². The number of fused-ring (bicyclic) bond motifs is 5.